The van der Waals surface area contributed by atoms with Crippen LogP contribution in [0.3, 0.4) is 0 Å². The van der Waals surface area contributed by atoms with Gasteiger partial charge >= 0.3 is 0 Å². The highest BCUT2D eigenvalue weighted by Crippen LogP contribution is 2.28. The van der Waals surface area contributed by atoms with Gasteiger partial charge in [0.1, 0.15) is 0 Å². The molecular weight excluding hydrogens is 242 g/mol. The third kappa shape index (κ3) is 2.35. The third-order valence-electron chi connectivity index (χ3n) is 3.72. The summed E-state index contributed by atoms with van der Waals surface area (Å²) in [6.07, 6.45) is 6.85. The number of rotatable bonds is 4. The monoisotopic (exact) mass is 261 g/mol. The van der Waals surface area contributed by atoms with E-state index in [9.17, 15) is 0 Å². The number of hydrogen-bond donors (Lipinski definition) is 1. The fourth-order valence-electron chi connectivity index (χ4n) is 2.74. The molecule has 4 heteroatoms. The van der Waals surface area contributed by atoms with Gasteiger partial charge < -0.3 is 5.32 Å². The predicted octanol–water partition coefficient (Wildman–Crippen LogP) is 2.69. The highest BCUT2D eigenvalue weighted by Gasteiger charge is 2.22. The first-order valence-corrected chi connectivity index (χ1v) is 7.49. The Bertz CT molecular complexity index is 501. The molecule has 0 spiro atoms. The van der Waals surface area contributed by atoms with Gasteiger partial charge in [0.15, 0.2) is 0 Å². The van der Waals surface area contributed by atoms with Gasteiger partial charge in [-0.1, -0.05) is 6.07 Å². The molecule has 0 amide bonds. The van der Waals surface area contributed by atoms with E-state index in [-0.39, 0.29) is 0 Å². The van der Waals surface area contributed by atoms with Crippen LogP contribution in [0, 0.1) is 0 Å². The van der Waals surface area contributed by atoms with Crippen LogP contribution in [0.4, 0.5) is 0 Å². The summed E-state index contributed by atoms with van der Waals surface area (Å²) in [5.74, 6) is 0. The molecule has 0 fully saturated rings. The highest BCUT2D eigenvalue weighted by molar-refractivity contribution is 7.09. The minimum atomic E-state index is 0.502. The molecule has 0 saturated carbocycles. The fraction of sp³-hybridized carbons (Fsp3) is 0.500. The molecule has 96 valence electrons. The van der Waals surface area contributed by atoms with E-state index in [0.717, 1.165) is 13.0 Å². The van der Waals surface area contributed by atoms with Gasteiger partial charge in [0, 0.05) is 35.8 Å². The van der Waals surface area contributed by atoms with Crippen molar-refractivity contribution in [2.45, 2.75) is 31.7 Å². The third-order valence-corrected chi connectivity index (χ3v) is 4.65. The normalized spacial score (nSPS) is 18.8. The van der Waals surface area contributed by atoms with Crippen LogP contribution in [-0.2, 0) is 19.9 Å². The Morgan fingerprint density at radius 1 is 1.56 bits per heavy atom. The summed E-state index contributed by atoms with van der Waals surface area (Å²) >= 11 is 1.84. The molecule has 1 atom stereocenters. The van der Waals surface area contributed by atoms with Gasteiger partial charge in [0.05, 0.1) is 6.20 Å². The van der Waals surface area contributed by atoms with Crippen LogP contribution in [0.5, 0.6) is 0 Å². The topological polar surface area (TPSA) is 29.9 Å². The molecule has 0 aromatic carbocycles. The molecule has 3 rings (SSSR count). The first-order valence-electron chi connectivity index (χ1n) is 6.61. The van der Waals surface area contributed by atoms with Gasteiger partial charge in [-0.3, -0.25) is 4.68 Å². The van der Waals surface area contributed by atoms with Crippen LogP contribution >= 0.6 is 11.3 Å². The molecule has 1 N–H and O–H groups in total. The Morgan fingerprint density at radius 3 is 3.33 bits per heavy atom. The minimum absolute atomic E-state index is 0.502. The van der Waals surface area contributed by atoms with Crippen molar-refractivity contribution in [2.24, 2.45) is 7.05 Å². The van der Waals surface area contributed by atoms with Gasteiger partial charge in [0.25, 0.3) is 0 Å². The van der Waals surface area contributed by atoms with Gasteiger partial charge in [-0.2, -0.15) is 5.10 Å². The predicted molar refractivity (Wildman–Crippen MR) is 74.9 cm³/mol. The summed E-state index contributed by atoms with van der Waals surface area (Å²) in [5.41, 5.74) is 2.82. The molecule has 2 heterocycles. The van der Waals surface area contributed by atoms with Crippen molar-refractivity contribution in [3.63, 3.8) is 0 Å². The minimum Gasteiger partial charge on any atom is -0.309 e. The maximum absolute atomic E-state index is 4.39. The van der Waals surface area contributed by atoms with Gasteiger partial charge in [0.2, 0.25) is 0 Å². The summed E-state index contributed by atoms with van der Waals surface area (Å²) in [5, 5.41) is 10.2. The molecule has 1 unspecified atom stereocenters. The smallest absolute Gasteiger partial charge is 0.0540 e. The van der Waals surface area contributed by atoms with E-state index < -0.39 is 0 Å². The second-order valence-electron chi connectivity index (χ2n) is 4.90. The van der Waals surface area contributed by atoms with Crippen molar-refractivity contribution in [3.8, 4) is 0 Å². The standard InChI is InChI=1S/C14H19N3S/c1-17-14-6-2-5-13(12(14)10-16-17)15-8-7-11-4-3-9-18-11/h3-4,9-10,13,15H,2,5-8H2,1H3. The zero-order valence-electron chi connectivity index (χ0n) is 10.7. The number of fused-ring (bicyclic) bond motifs is 1. The maximum Gasteiger partial charge on any atom is 0.0540 e. The quantitative estimate of drug-likeness (QED) is 0.917. The van der Waals surface area contributed by atoms with Crippen LogP contribution in [0.2, 0.25) is 0 Å². The van der Waals surface area contributed by atoms with Crippen LogP contribution in [-0.4, -0.2) is 16.3 Å². The summed E-state index contributed by atoms with van der Waals surface area (Å²) in [6.45, 7) is 1.06. The summed E-state index contributed by atoms with van der Waals surface area (Å²) in [7, 11) is 2.05. The highest BCUT2D eigenvalue weighted by atomic mass is 32.1. The lowest BCUT2D eigenvalue weighted by atomic mass is 9.93. The lowest BCUT2D eigenvalue weighted by Gasteiger charge is -2.23. The number of aryl methyl sites for hydroxylation is 1. The molecular formula is C14H19N3S. The zero-order chi connectivity index (χ0) is 12.4. The zero-order valence-corrected chi connectivity index (χ0v) is 11.5. The molecule has 18 heavy (non-hydrogen) atoms. The Balaban J connectivity index is 1.60. The number of nitrogens with zero attached hydrogens (tertiary/aromatic N) is 2. The van der Waals surface area contributed by atoms with Crippen molar-refractivity contribution in [3.05, 3.63) is 39.8 Å². The van der Waals surface area contributed by atoms with Gasteiger partial charge in [-0.15, -0.1) is 11.3 Å². The summed E-state index contributed by atoms with van der Waals surface area (Å²) in [6, 6.07) is 4.84. The second-order valence-corrected chi connectivity index (χ2v) is 5.93. The number of hydrogen-bond acceptors (Lipinski definition) is 3. The number of nitrogens with one attached hydrogen (secondary N) is 1. The lowest BCUT2D eigenvalue weighted by Crippen LogP contribution is -2.26. The van der Waals surface area contributed by atoms with Crippen molar-refractivity contribution in [1.82, 2.24) is 15.1 Å². The lowest BCUT2D eigenvalue weighted by molar-refractivity contribution is 0.456. The fourth-order valence-corrected chi connectivity index (χ4v) is 3.45. The Hall–Kier alpha value is -1.13. The molecule has 0 saturated heterocycles. The van der Waals surface area contributed by atoms with Crippen molar-refractivity contribution < 1.29 is 0 Å². The van der Waals surface area contributed by atoms with Crippen molar-refractivity contribution >= 4 is 11.3 Å². The van der Waals surface area contributed by atoms with E-state index >= 15 is 0 Å². The molecule has 1 aliphatic carbocycles. The first-order chi connectivity index (χ1) is 8.84. The van der Waals surface area contributed by atoms with Gasteiger partial charge in [-0.05, 0) is 37.1 Å². The average molecular weight is 261 g/mol. The largest absolute Gasteiger partial charge is 0.309 e. The number of thiophene rings is 1. The van der Waals surface area contributed by atoms with E-state index in [0.29, 0.717) is 6.04 Å². The molecule has 3 nitrogen and oxygen atoms in total. The van der Waals surface area contributed by atoms with Crippen molar-refractivity contribution in [2.75, 3.05) is 6.54 Å². The van der Waals surface area contributed by atoms with Crippen LogP contribution < -0.4 is 5.32 Å². The Labute approximate surface area is 112 Å². The molecule has 2 aromatic rings. The molecule has 2 aromatic heterocycles. The number of aromatic nitrogens is 2. The first kappa shape index (κ1) is 11.9. The van der Waals surface area contributed by atoms with Crippen LogP contribution in [0.1, 0.15) is 35.0 Å². The second kappa shape index (κ2) is 5.24. The van der Waals surface area contributed by atoms with Gasteiger partial charge in [-0.25, -0.2) is 0 Å². The summed E-state index contributed by atoms with van der Waals surface area (Å²) < 4.78 is 2.03. The maximum atomic E-state index is 4.39. The van der Waals surface area contributed by atoms with E-state index in [4.69, 9.17) is 0 Å². The molecule has 0 bridgehead atoms. The molecule has 0 radical (unpaired) electrons. The molecule has 0 aliphatic heterocycles. The molecule has 1 aliphatic rings. The van der Waals surface area contributed by atoms with E-state index in [1.807, 2.05) is 29.3 Å². The van der Waals surface area contributed by atoms with E-state index in [1.54, 1.807) is 0 Å². The summed E-state index contributed by atoms with van der Waals surface area (Å²) in [4.78, 5) is 1.46. The van der Waals surface area contributed by atoms with Crippen LogP contribution in [0.25, 0.3) is 0 Å². The Morgan fingerprint density at radius 2 is 2.50 bits per heavy atom. The Kier molecular flexibility index (Phi) is 3.48. The van der Waals surface area contributed by atoms with E-state index in [1.165, 1.54) is 35.4 Å². The SMILES string of the molecule is Cn1ncc2c1CCCC2NCCc1cccs1. The average Bonchev–Trinajstić information content (AvgIpc) is 3.01. The van der Waals surface area contributed by atoms with Crippen LogP contribution in [0.15, 0.2) is 23.7 Å². The van der Waals surface area contributed by atoms with E-state index in [2.05, 4.69) is 27.9 Å². The van der Waals surface area contributed by atoms with Crippen molar-refractivity contribution in [1.29, 1.82) is 0 Å².